The first-order valence-electron chi connectivity index (χ1n) is 6.34. The maximum Gasteiger partial charge on any atom is 0.148 e. The van der Waals surface area contributed by atoms with Gasteiger partial charge in [0.05, 0.1) is 9.50 Å². The van der Waals surface area contributed by atoms with E-state index in [9.17, 15) is 9.50 Å². The molecule has 1 N–H and O–H groups in total. The summed E-state index contributed by atoms with van der Waals surface area (Å²) in [6.07, 6.45) is -0.511. The highest BCUT2D eigenvalue weighted by Crippen LogP contribution is 2.31. The molecule has 3 aromatic rings. The van der Waals surface area contributed by atoms with Crippen molar-refractivity contribution >= 4 is 38.5 Å². The first-order valence-corrected chi connectivity index (χ1v) is 7.51. The Bertz CT molecular complexity index is 800. The Morgan fingerprint density at radius 3 is 2.76 bits per heavy atom. The number of rotatable bonds is 3. The van der Waals surface area contributed by atoms with Crippen LogP contribution >= 0.6 is 27.5 Å². The summed E-state index contributed by atoms with van der Waals surface area (Å²) in [7, 11) is 0. The van der Waals surface area contributed by atoms with Gasteiger partial charge in [-0.15, -0.1) is 0 Å². The van der Waals surface area contributed by atoms with E-state index in [0.717, 1.165) is 15.4 Å². The van der Waals surface area contributed by atoms with Crippen LogP contribution in [-0.2, 0) is 6.42 Å². The van der Waals surface area contributed by atoms with E-state index in [1.807, 2.05) is 18.2 Å². The van der Waals surface area contributed by atoms with E-state index in [1.54, 1.807) is 12.1 Å². The molecule has 1 heterocycles. The molecule has 0 saturated heterocycles. The SMILES string of the molecule is OC(Cc1ccc(F)c(Cl)c1)c1cc2cccc(Br)c2o1. The minimum absolute atomic E-state index is 0.0482. The molecule has 108 valence electrons. The van der Waals surface area contributed by atoms with Crippen molar-refractivity contribution in [2.75, 3.05) is 0 Å². The van der Waals surface area contributed by atoms with Gasteiger partial charge in [0.25, 0.3) is 0 Å². The molecule has 0 amide bonds. The minimum atomic E-state index is -0.814. The average Bonchev–Trinajstić information content (AvgIpc) is 2.89. The highest BCUT2D eigenvalue weighted by molar-refractivity contribution is 9.10. The molecule has 0 aliphatic heterocycles. The van der Waals surface area contributed by atoms with Gasteiger partial charge in [-0.2, -0.15) is 0 Å². The van der Waals surface area contributed by atoms with Crippen LogP contribution < -0.4 is 0 Å². The molecule has 0 radical (unpaired) electrons. The van der Waals surface area contributed by atoms with Crippen LogP contribution in [0.1, 0.15) is 17.4 Å². The Morgan fingerprint density at radius 2 is 2.05 bits per heavy atom. The normalized spacial score (nSPS) is 12.8. The molecule has 1 atom stereocenters. The van der Waals surface area contributed by atoms with Gasteiger partial charge in [-0.05, 0) is 45.8 Å². The van der Waals surface area contributed by atoms with Crippen LogP contribution in [0.4, 0.5) is 4.39 Å². The zero-order valence-electron chi connectivity index (χ0n) is 10.8. The predicted molar refractivity (Wildman–Crippen MR) is 84.0 cm³/mol. The summed E-state index contributed by atoms with van der Waals surface area (Å²) in [5, 5.41) is 11.2. The number of furan rings is 1. The highest BCUT2D eigenvalue weighted by atomic mass is 79.9. The van der Waals surface area contributed by atoms with Crippen molar-refractivity contribution < 1.29 is 13.9 Å². The first-order chi connectivity index (χ1) is 10.0. The summed E-state index contributed by atoms with van der Waals surface area (Å²) in [6, 6.07) is 11.9. The average molecular weight is 370 g/mol. The van der Waals surface area contributed by atoms with E-state index in [1.165, 1.54) is 12.1 Å². The first kappa shape index (κ1) is 14.6. The van der Waals surface area contributed by atoms with Crippen molar-refractivity contribution in [3.05, 3.63) is 69.1 Å². The van der Waals surface area contributed by atoms with Crippen LogP contribution in [0.15, 0.2) is 51.4 Å². The molecule has 0 spiro atoms. The summed E-state index contributed by atoms with van der Waals surface area (Å²) in [5.41, 5.74) is 1.44. The molecule has 21 heavy (non-hydrogen) atoms. The van der Waals surface area contributed by atoms with Crippen molar-refractivity contribution in [3.8, 4) is 0 Å². The van der Waals surface area contributed by atoms with E-state index >= 15 is 0 Å². The third-order valence-electron chi connectivity index (χ3n) is 3.26. The second-order valence-corrected chi connectivity index (χ2v) is 6.04. The number of hydrogen-bond acceptors (Lipinski definition) is 2. The fourth-order valence-electron chi connectivity index (χ4n) is 2.20. The topological polar surface area (TPSA) is 33.4 Å². The van der Waals surface area contributed by atoms with Gasteiger partial charge < -0.3 is 9.52 Å². The second kappa shape index (κ2) is 5.79. The van der Waals surface area contributed by atoms with Crippen LogP contribution in [0.5, 0.6) is 0 Å². The van der Waals surface area contributed by atoms with Gasteiger partial charge >= 0.3 is 0 Å². The van der Waals surface area contributed by atoms with Crippen LogP contribution in [0.25, 0.3) is 11.0 Å². The van der Waals surface area contributed by atoms with Gasteiger partial charge in [0.2, 0.25) is 0 Å². The third-order valence-corrected chi connectivity index (χ3v) is 4.17. The molecule has 0 aliphatic rings. The fraction of sp³-hybridized carbons (Fsp3) is 0.125. The number of fused-ring (bicyclic) bond motifs is 1. The highest BCUT2D eigenvalue weighted by Gasteiger charge is 2.16. The van der Waals surface area contributed by atoms with E-state index in [0.29, 0.717) is 17.8 Å². The standard InChI is InChI=1S/C16H11BrClFO2/c17-11-3-1-2-10-8-15(21-16(10)11)14(20)7-9-4-5-13(19)12(18)6-9/h1-6,8,14,20H,7H2. The number of para-hydroxylation sites is 1. The Kier molecular flexibility index (Phi) is 4.02. The maximum absolute atomic E-state index is 13.1. The number of aliphatic hydroxyl groups is 1. The van der Waals surface area contributed by atoms with Gasteiger partial charge in [0.1, 0.15) is 23.3 Å². The maximum atomic E-state index is 13.1. The molecular weight excluding hydrogens is 359 g/mol. The molecular formula is C16H11BrClFO2. The Labute approximate surface area is 134 Å². The van der Waals surface area contributed by atoms with Crippen LogP contribution in [0, 0.1) is 5.82 Å². The number of halogens is 3. The number of hydrogen-bond donors (Lipinski definition) is 1. The minimum Gasteiger partial charge on any atom is -0.457 e. The summed E-state index contributed by atoms with van der Waals surface area (Å²) in [4.78, 5) is 0. The van der Waals surface area contributed by atoms with Gasteiger partial charge in [0, 0.05) is 11.8 Å². The summed E-state index contributed by atoms with van der Waals surface area (Å²) < 4.78 is 19.6. The van der Waals surface area contributed by atoms with E-state index in [-0.39, 0.29) is 5.02 Å². The third kappa shape index (κ3) is 2.98. The summed E-state index contributed by atoms with van der Waals surface area (Å²) >= 11 is 9.15. The Balaban J connectivity index is 1.87. The van der Waals surface area contributed by atoms with Crippen molar-refractivity contribution in [2.45, 2.75) is 12.5 Å². The largest absolute Gasteiger partial charge is 0.457 e. The van der Waals surface area contributed by atoms with Gasteiger partial charge in [0.15, 0.2) is 0 Å². The molecule has 1 aromatic heterocycles. The van der Waals surface area contributed by atoms with Gasteiger partial charge in [-0.25, -0.2) is 4.39 Å². The lowest BCUT2D eigenvalue weighted by molar-refractivity contribution is 0.152. The monoisotopic (exact) mass is 368 g/mol. The number of benzene rings is 2. The van der Waals surface area contributed by atoms with Crippen LogP contribution in [0.3, 0.4) is 0 Å². The quantitative estimate of drug-likeness (QED) is 0.683. The van der Waals surface area contributed by atoms with Crippen molar-refractivity contribution in [3.63, 3.8) is 0 Å². The van der Waals surface area contributed by atoms with Gasteiger partial charge in [-0.1, -0.05) is 29.8 Å². The van der Waals surface area contributed by atoms with E-state index < -0.39 is 11.9 Å². The molecule has 2 nitrogen and oxygen atoms in total. The summed E-state index contributed by atoms with van der Waals surface area (Å²) in [6.45, 7) is 0. The van der Waals surface area contributed by atoms with Crippen molar-refractivity contribution in [1.29, 1.82) is 0 Å². The van der Waals surface area contributed by atoms with Crippen molar-refractivity contribution in [1.82, 2.24) is 0 Å². The molecule has 2 aromatic carbocycles. The summed E-state index contributed by atoms with van der Waals surface area (Å²) in [5.74, 6) is -0.0000726. The Hall–Kier alpha value is -1.36. The Morgan fingerprint density at radius 1 is 1.24 bits per heavy atom. The number of aliphatic hydroxyl groups excluding tert-OH is 1. The van der Waals surface area contributed by atoms with Crippen LogP contribution in [0.2, 0.25) is 5.02 Å². The zero-order valence-corrected chi connectivity index (χ0v) is 13.2. The molecule has 3 rings (SSSR count). The molecule has 0 bridgehead atoms. The predicted octanol–water partition coefficient (Wildman–Crippen LogP) is 5.26. The smallest absolute Gasteiger partial charge is 0.148 e. The van der Waals surface area contributed by atoms with Gasteiger partial charge in [-0.3, -0.25) is 0 Å². The van der Waals surface area contributed by atoms with E-state index in [4.69, 9.17) is 16.0 Å². The second-order valence-electron chi connectivity index (χ2n) is 4.78. The lowest BCUT2D eigenvalue weighted by Crippen LogP contribution is -2.00. The molecule has 0 aliphatic carbocycles. The van der Waals surface area contributed by atoms with Crippen LogP contribution in [-0.4, -0.2) is 5.11 Å². The lowest BCUT2D eigenvalue weighted by atomic mass is 10.1. The lowest BCUT2D eigenvalue weighted by Gasteiger charge is -2.08. The molecule has 5 heteroatoms. The fourth-order valence-corrected chi connectivity index (χ4v) is 2.87. The molecule has 1 unspecified atom stereocenters. The molecule has 0 fully saturated rings. The van der Waals surface area contributed by atoms with Crippen molar-refractivity contribution in [2.24, 2.45) is 0 Å². The zero-order chi connectivity index (χ0) is 15.0. The molecule has 0 saturated carbocycles. The van der Waals surface area contributed by atoms with E-state index in [2.05, 4.69) is 15.9 Å².